The van der Waals surface area contributed by atoms with Crippen molar-refractivity contribution in [3.8, 4) is 0 Å². The van der Waals surface area contributed by atoms with Gasteiger partial charge in [0.15, 0.2) is 0 Å². The first-order valence-electron chi connectivity index (χ1n) is 7.15. The van der Waals surface area contributed by atoms with Crippen LogP contribution in [0.4, 0.5) is 0 Å². The molecule has 0 bridgehead atoms. The Hall–Kier alpha value is -0.480. The summed E-state index contributed by atoms with van der Waals surface area (Å²) in [7, 11) is 0. The molecule has 1 amide bonds. The number of hydrogen-bond donors (Lipinski definition) is 1. The van der Waals surface area contributed by atoms with Crippen LogP contribution in [-0.2, 0) is 0 Å². The number of nitrogens with zero attached hydrogens (tertiary/aromatic N) is 1. The predicted molar refractivity (Wildman–Crippen MR) is 88.0 cm³/mol. The van der Waals surface area contributed by atoms with E-state index in [2.05, 4.69) is 10.2 Å². The van der Waals surface area contributed by atoms with Crippen molar-refractivity contribution in [3.63, 3.8) is 0 Å². The zero-order chi connectivity index (χ0) is 15.3. The smallest absolute Gasteiger partial charge is 0.252 e. The SMILES string of the molecule is O=C(NC(N1CCCCCC1)C(Cl)(Cl)Cl)c1ccccc1. The van der Waals surface area contributed by atoms with Crippen LogP contribution in [0.15, 0.2) is 30.3 Å². The van der Waals surface area contributed by atoms with Gasteiger partial charge in [0.25, 0.3) is 5.91 Å². The topological polar surface area (TPSA) is 32.3 Å². The number of carbonyl (C=O) groups excluding carboxylic acids is 1. The Morgan fingerprint density at radius 1 is 1.05 bits per heavy atom. The lowest BCUT2D eigenvalue weighted by Gasteiger charge is -2.35. The van der Waals surface area contributed by atoms with E-state index in [0.29, 0.717) is 5.56 Å². The Labute approximate surface area is 140 Å². The first-order chi connectivity index (χ1) is 9.98. The van der Waals surface area contributed by atoms with Crippen molar-refractivity contribution in [2.45, 2.75) is 35.6 Å². The van der Waals surface area contributed by atoms with E-state index in [1.165, 1.54) is 12.8 Å². The summed E-state index contributed by atoms with van der Waals surface area (Å²) in [5.74, 6) is -0.226. The van der Waals surface area contributed by atoms with E-state index in [-0.39, 0.29) is 5.91 Å². The second-order valence-electron chi connectivity index (χ2n) is 5.23. The highest BCUT2D eigenvalue weighted by atomic mass is 35.6. The maximum atomic E-state index is 12.3. The molecular formula is C15H19Cl3N2O. The van der Waals surface area contributed by atoms with E-state index < -0.39 is 9.96 Å². The van der Waals surface area contributed by atoms with E-state index >= 15 is 0 Å². The van der Waals surface area contributed by atoms with Crippen molar-refractivity contribution in [1.29, 1.82) is 0 Å². The molecule has 2 rings (SSSR count). The number of likely N-dealkylation sites (tertiary alicyclic amines) is 1. The molecule has 1 atom stereocenters. The number of carbonyl (C=O) groups is 1. The largest absolute Gasteiger partial charge is 0.332 e. The summed E-state index contributed by atoms with van der Waals surface area (Å²) in [6, 6.07) is 8.97. The number of nitrogens with one attached hydrogen (secondary N) is 1. The lowest BCUT2D eigenvalue weighted by Crippen LogP contribution is -2.55. The van der Waals surface area contributed by atoms with Gasteiger partial charge in [-0.1, -0.05) is 65.8 Å². The zero-order valence-corrected chi connectivity index (χ0v) is 14.0. The minimum atomic E-state index is -1.56. The minimum Gasteiger partial charge on any atom is -0.332 e. The zero-order valence-electron chi connectivity index (χ0n) is 11.7. The highest BCUT2D eigenvalue weighted by molar-refractivity contribution is 6.68. The average Bonchev–Trinajstić information content (AvgIpc) is 2.73. The Bertz CT molecular complexity index is 454. The highest BCUT2D eigenvalue weighted by Crippen LogP contribution is 2.33. The van der Waals surface area contributed by atoms with Crippen molar-refractivity contribution in [2.24, 2.45) is 0 Å². The van der Waals surface area contributed by atoms with Crippen molar-refractivity contribution >= 4 is 40.7 Å². The molecular weight excluding hydrogens is 331 g/mol. The second-order valence-corrected chi connectivity index (χ2v) is 7.60. The van der Waals surface area contributed by atoms with Crippen molar-refractivity contribution in [1.82, 2.24) is 10.2 Å². The molecule has 21 heavy (non-hydrogen) atoms. The summed E-state index contributed by atoms with van der Waals surface area (Å²) in [6.45, 7) is 1.65. The van der Waals surface area contributed by atoms with E-state index in [0.717, 1.165) is 25.9 Å². The molecule has 116 valence electrons. The molecule has 1 N–H and O–H groups in total. The molecule has 1 unspecified atom stereocenters. The fraction of sp³-hybridized carbons (Fsp3) is 0.533. The van der Waals surface area contributed by atoms with Crippen LogP contribution < -0.4 is 5.32 Å². The first-order valence-corrected chi connectivity index (χ1v) is 8.28. The van der Waals surface area contributed by atoms with Crippen LogP contribution in [0.2, 0.25) is 0 Å². The molecule has 3 nitrogen and oxygen atoms in total. The normalized spacial score (nSPS) is 18.8. The molecule has 0 aromatic heterocycles. The summed E-state index contributed by atoms with van der Waals surface area (Å²) >= 11 is 18.3. The summed E-state index contributed by atoms with van der Waals surface area (Å²) in [4.78, 5) is 14.4. The number of rotatable bonds is 3. The fourth-order valence-electron chi connectivity index (χ4n) is 2.53. The molecule has 1 fully saturated rings. The van der Waals surface area contributed by atoms with Gasteiger partial charge in [0.1, 0.15) is 6.17 Å². The molecule has 1 aromatic rings. The maximum absolute atomic E-state index is 12.3. The Morgan fingerprint density at radius 2 is 1.62 bits per heavy atom. The van der Waals surface area contributed by atoms with E-state index in [9.17, 15) is 4.79 Å². The molecule has 1 heterocycles. The summed E-state index contributed by atoms with van der Waals surface area (Å²) < 4.78 is -1.56. The molecule has 1 aliphatic rings. The Kier molecular flexibility index (Phi) is 6.18. The fourth-order valence-corrected chi connectivity index (χ4v) is 3.11. The van der Waals surface area contributed by atoms with Gasteiger partial charge >= 0.3 is 0 Å². The van der Waals surface area contributed by atoms with E-state index in [1.54, 1.807) is 12.1 Å². The Balaban J connectivity index is 2.11. The van der Waals surface area contributed by atoms with Gasteiger partial charge in [0, 0.05) is 18.7 Å². The van der Waals surface area contributed by atoms with Crippen molar-refractivity contribution < 1.29 is 4.79 Å². The van der Waals surface area contributed by atoms with Gasteiger partial charge in [-0.2, -0.15) is 0 Å². The van der Waals surface area contributed by atoms with Crippen LogP contribution >= 0.6 is 34.8 Å². The predicted octanol–water partition coefficient (Wildman–Crippen LogP) is 3.99. The van der Waals surface area contributed by atoms with Gasteiger partial charge in [0.2, 0.25) is 3.79 Å². The average molecular weight is 350 g/mol. The molecule has 1 saturated heterocycles. The van der Waals surface area contributed by atoms with Gasteiger partial charge in [-0.05, 0) is 25.0 Å². The molecule has 1 aliphatic heterocycles. The number of amides is 1. The van der Waals surface area contributed by atoms with Crippen LogP contribution in [0, 0.1) is 0 Å². The van der Waals surface area contributed by atoms with Gasteiger partial charge in [-0.3, -0.25) is 9.69 Å². The monoisotopic (exact) mass is 348 g/mol. The standard InChI is InChI=1S/C15H19Cl3N2O/c16-15(17,18)14(20-10-6-1-2-7-11-20)19-13(21)12-8-4-3-5-9-12/h3-5,8-9,14H,1-2,6-7,10-11H2,(H,19,21). The highest BCUT2D eigenvalue weighted by Gasteiger charge is 2.38. The number of hydrogen-bond acceptors (Lipinski definition) is 2. The molecule has 6 heteroatoms. The van der Waals surface area contributed by atoms with Gasteiger partial charge in [-0.25, -0.2) is 0 Å². The van der Waals surface area contributed by atoms with Crippen LogP contribution in [0.1, 0.15) is 36.0 Å². The summed E-state index contributed by atoms with van der Waals surface area (Å²) in [5.41, 5.74) is 0.562. The van der Waals surface area contributed by atoms with Crippen LogP contribution in [0.25, 0.3) is 0 Å². The van der Waals surface area contributed by atoms with E-state index in [4.69, 9.17) is 34.8 Å². The number of alkyl halides is 3. The lowest BCUT2D eigenvalue weighted by atomic mass is 10.2. The molecule has 0 aliphatic carbocycles. The van der Waals surface area contributed by atoms with Crippen molar-refractivity contribution in [2.75, 3.05) is 13.1 Å². The summed E-state index contributed by atoms with van der Waals surface area (Å²) in [6.07, 6.45) is 3.84. The molecule has 0 saturated carbocycles. The van der Waals surface area contributed by atoms with Crippen LogP contribution in [-0.4, -0.2) is 33.9 Å². The minimum absolute atomic E-state index is 0.226. The molecule has 1 aromatic carbocycles. The lowest BCUT2D eigenvalue weighted by molar-refractivity contribution is 0.0853. The third-order valence-electron chi connectivity index (χ3n) is 3.62. The molecule has 0 radical (unpaired) electrons. The van der Waals surface area contributed by atoms with E-state index in [1.807, 2.05) is 18.2 Å². The van der Waals surface area contributed by atoms with Crippen LogP contribution in [0.5, 0.6) is 0 Å². The van der Waals surface area contributed by atoms with Crippen molar-refractivity contribution in [3.05, 3.63) is 35.9 Å². The quantitative estimate of drug-likeness (QED) is 0.837. The second kappa shape index (κ2) is 7.68. The number of halogens is 3. The van der Waals surface area contributed by atoms with Gasteiger partial charge in [0.05, 0.1) is 0 Å². The first kappa shape index (κ1) is 16.9. The van der Waals surface area contributed by atoms with Crippen LogP contribution in [0.3, 0.4) is 0 Å². The Morgan fingerprint density at radius 3 is 2.14 bits per heavy atom. The van der Waals surface area contributed by atoms with Gasteiger partial charge in [-0.15, -0.1) is 0 Å². The number of benzene rings is 1. The molecule has 0 spiro atoms. The third-order valence-corrected chi connectivity index (χ3v) is 4.24. The van der Waals surface area contributed by atoms with Gasteiger partial charge < -0.3 is 5.32 Å². The third kappa shape index (κ3) is 5.03. The summed E-state index contributed by atoms with van der Waals surface area (Å²) in [5, 5.41) is 2.86. The maximum Gasteiger partial charge on any atom is 0.252 e.